The number of anilines is 1. The van der Waals surface area contributed by atoms with Crippen molar-refractivity contribution in [2.45, 2.75) is 32.6 Å². The molecule has 0 unspecified atom stereocenters. The van der Waals surface area contributed by atoms with E-state index in [4.69, 9.17) is 9.47 Å². The number of nitrogens with zero attached hydrogens (tertiary/aromatic N) is 3. The number of rotatable bonds is 6. The Bertz CT molecular complexity index is 899. The van der Waals surface area contributed by atoms with Gasteiger partial charge in [-0.2, -0.15) is 0 Å². The Morgan fingerprint density at radius 3 is 2.47 bits per heavy atom. The summed E-state index contributed by atoms with van der Waals surface area (Å²) >= 11 is 0. The minimum Gasteiger partial charge on any atom is -0.365 e. The molecule has 162 valence electrons. The van der Waals surface area contributed by atoms with Crippen LogP contribution in [0.2, 0.25) is 0 Å². The van der Waals surface area contributed by atoms with Gasteiger partial charge in [-0.1, -0.05) is 0 Å². The standard InChI is InChI=1S/C19H24N4O7/c1-11(2)22-17(25)19(16(24)20-18(22)26)8-12-7-13(23(27)28)5-6-14(12)21(10-19)9-15(29-3)30-4/h5-7,11,15H,8-10H2,1-4H3,(H,20,24,26)/t19-/m0/s1. The molecule has 1 fully saturated rings. The number of urea groups is 1. The van der Waals surface area contributed by atoms with Crippen LogP contribution in [0, 0.1) is 15.5 Å². The first-order valence-corrected chi connectivity index (χ1v) is 9.41. The maximum Gasteiger partial charge on any atom is 0.331 e. The number of methoxy groups -OCH3 is 2. The van der Waals surface area contributed by atoms with Crippen LogP contribution in [0.25, 0.3) is 0 Å². The Balaban J connectivity index is 2.12. The lowest BCUT2D eigenvalue weighted by atomic mass is 9.74. The molecule has 2 heterocycles. The summed E-state index contributed by atoms with van der Waals surface area (Å²) in [5.74, 6) is -1.34. The number of nitro benzene ring substituents is 1. The maximum absolute atomic E-state index is 13.4. The number of imide groups is 2. The summed E-state index contributed by atoms with van der Waals surface area (Å²) in [6.07, 6.45) is -0.723. The quantitative estimate of drug-likeness (QED) is 0.313. The molecular weight excluding hydrogens is 396 g/mol. The second-order valence-electron chi connectivity index (χ2n) is 7.64. The fraction of sp³-hybridized carbons (Fsp3) is 0.526. The Labute approximate surface area is 173 Å². The highest BCUT2D eigenvalue weighted by Gasteiger charge is 2.57. The first kappa shape index (κ1) is 21.7. The predicted octanol–water partition coefficient (Wildman–Crippen LogP) is 1.05. The lowest BCUT2D eigenvalue weighted by Gasteiger charge is -2.47. The summed E-state index contributed by atoms with van der Waals surface area (Å²) in [4.78, 5) is 52.1. The number of carbonyl (C=O) groups is 3. The van der Waals surface area contributed by atoms with Gasteiger partial charge in [-0.15, -0.1) is 0 Å². The third kappa shape index (κ3) is 3.50. The number of non-ortho nitro benzene ring substituents is 1. The van der Waals surface area contributed by atoms with Crippen LogP contribution in [0.1, 0.15) is 19.4 Å². The van der Waals surface area contributed by atoms with Gasteiger partial charge in [0.15, 0.2) is 6.29 Å². The summed E-state index contributed by atoms with van der Waals surface area (Å²) in [5, 5.41) is 13.5. The minimum atomic E-state index is -1.60. The molecule has 0 bridgehead atoms. The van der Waals surface area contributed by atoms with Crippen molar-refractivity contribution in [1.82, 2.24) is 10.2 Å². The van der Waals surface area contributed by atoms with Gasteiger partial charge < -0.3 is 14.4 Å². The van der Waals surface area contributed by atoms with Crippen LogP contribution in [0.15, 0.2) is 18.2 Å². The zero-order chi connectivity index (χ0) is 22.2. The van der Waals surface area contributed by atoms with Crippen LogP contribution in [0.4, 0.5) is 16.2 Å². The van der Waals surface area contributed by atoms with Crippen molar-refractivity contribution in [2.75, 3.05) is 32.2 Å². The number of ether oxygens (including phenoxy) is 2. The van der Waals surface area contributed by atoms with Crippen LogP contribution >= 0.6 is 0 Å². The van der Waals surface area contributed by atoms with E-state index in [1.165, 1.54) is 26.4 Å². The van der Waals surface area contributed by atoms with Crippen LogP contribution in [-0.2, 0) is 25.5 Å². The number of amides is 4. The Morgan fingerprint density at radius 2 is 1.90 bits per heavy atom. The average Bonchev–Trinajstić information content (AvgIpc) is 2.69. The van der Waals surface area contributed by atoms with E-state index in [-0.39, 0.29) is 25.2 Å². The second kappa shape index (κ2) is 8.00. The van der Waals surface area contributed by atoms with E-state index in [1.807, 2.05) is 0 Å². The van der Waals surface area contributed by atoms with Crippen molar-refractivity contribution in [3.05, 3.63) is 33.9 Å². The first-order valence-electron chi connectivity index (χ1n) is 9.41. The normalized spacial score (nSPS) is 21.5. The van der Waals surface area contributed by atoms with Crippen LogP contribution in [-0.4, -0.2) is 67.3 Å². The molecule has 1 N–H and O–H groups in total. The van der Waals surface area contributed by atoms with Crippen molar-refractivity contribution in [3.63, 3.8) is 0 Å². The minimum absolute atomic E-state index is 0.0256. The third-order valence-corrected chi connectivity index (χ3v) is 5.48. The molecule has 1 atom stereocenters. The fourth-order valence-corrected chi connectivity index (χ4v) is 3.98. The number of hydrogen-bond donors (Lipinski definition) is 1. The average molecular weight is 420 g/mol. The van der Waals surface area contributed by atoms with E-state index in [0.29, 0.717) is 11.3 Å². The van der Waals surface area contributed by atoms with Gasteiger partial charge in [0.1, 0.15) is 5.41 Å². The van der Waals surface area contributed by atoms with Gasteiger partial charge in [0, 0.05) is 44.6 Å². The molecule has 0 aromatic heterocycles. The second-order valence-corrected chi connectivity index (χ2v) is 7.64. The van der Waals surface area contributed by atoms with E-state index in [9.17, 15) is 24.5 Å². The molecule has 2 aliphatic rings. The van der Waals surface area contributed by atoms with E-state index in [1.54, 1.807) is 24.8 Å². The molecule has 0 aliphatic carbocycles. The SMILES string of the molecule is COC(CN1C[C@@]2(Cc3cc([N+](=O)[O-])ccc31)C(=O)NC(=O)N(C(C)C)C2=O)OC. The van der Waals surface area contributed by atoms with Crippen LogP contribution in [0.3, 0.4) is 0 Å². The molecule has 1 saturated heterocycles. The molecule has 0 radical (unpaired) electrons. The highest BCUT2D eigenvalue weighted by molar-refractivity contribution is 6.20. The fourth-order valence-electron chi connectivity index (χ4n) is 3.98. The molecular formula is C19H24N4O7. The van der Waals surface area contributed by atoms with Crippen molar-refractivity contribution in [1.29, 1.82) is 0 Å². The molecule has 0 saturated carbocycles. The molecule has 1 spiro atoms. The highest BCUT2D eigenvalue weighted by Crippen LogP contribution is 2.41. The van der Waals surface area contributed by atoms with Crippen molar-refractivity contribution < 1.29 is 28.8 Å². The topological polar surface area (TPSA) is 131 Å². The van der Waals surface area contributed by atoms with E-state index in [2.05, 4.69) is 5.32 Å². The van der Waals surface area contributed by atoms with Gasteiger partial charge >= 0.3 is 6.03 Å². The van der Waals surface area contributed by atoms with Crippen LogP contribution < -0.4 is 10.2 Å². The molecule has 2 aliphatic heterocycles. The number of hydrogen-bond acceptors (Lipinski definition) is 8. The van der Waals surface area contributed by atoms with E-state index < -0.39 is 40.5 Å². The molecule has 11 heteroatoms. The largest absolute Gasteiger partial charge is 0.365 e. The van der Waals surface area contributed by atoms with Gasteiger partial charge in [-0.05, 0) is 31.9 Å². The Hall–Kier alpha value is -3.05. The summed E-state index contributed by atoms with van der Waals surface area (Å²) in [6, 6.07) is 3.07. The summed E-state index contributed by atoms with van der Waals surface area (Å²) in [5.41, 5.74) is -0.657. The maximum atomic E-state index is 13.4. The molecule has 3 rings (SSSR count). The molecule has 4 amide bonds. The van der Waals surface area contributed by atoms with Crippen molar-refractivity contribution >= 4 is 29.2 Å². The van der Waals surface area contributed by atoms with Gasteiger partial charge in [0.2, 0.25) is 11.8 Å². The molecule has 30 heavy (non-hydrogen) atoms. The number of benzene rings is 1. The van der Waals surface area contributed by atoms with Crippen molar-refractivity contribution in [3.8, 4) is 0 Å². The predicted molar refractivity (Wildman–Crippen MR) is 105 cm³/mol. The Kier molecular flexibility index (Phi) is 5.77. The smallest absolute Gasteiger partial charge is 0.331 e. The molecule has 1 aromatic carbocycles. The van der Waals surface area contributed by atoms with E-state index in [0.717, 1.165) is 4.90 Å². The number of carbonyl (C=O) groups excluding carboxylic acids is 3. The summed E-state index contributed by atoms with van der Waals surface area (Å²) < 4.78 is 10.5. The number of nitrogens with one attached hydrogen (secondary N) is 1. The number of fused-ring (bicyclic) bond motifs is 1. The molecule has 1 aromatic rings. The Morgan fingerprint density at radius 1 is 1.23 bits per heavy atom. The highest BCUT2D eigenvalue weighted by atomic mass is 16.7. The number of nitro groups is 1. The van der Waals surface area contributed by atoms with Gasteiger partial charge in [0.05, 0.1) is 11.5 Å². The summed E-state index contributed by atoms with van der Waals surface area (Å²) in [6.45, 7) is 3.50. The zero-order valence-corrected chi connectivity index (χ0v) is 17.2. The monoisotopic (exact) mass is 420 g/mol. The third-order valence-electron chi connectivity index (χ3n) is 5.48. The van der Waals surface area contributed by atoms with Gasteiger partial charge in [0.25, 0.3) is 5.69 Å². The van der Waals surface area contributed by atoms with Gasteiger partial charge in [-0.3, -0.25) is 29.9 Å². The van der Waals surface area contributed by atoms with Gasteiger partial charge in [-0.25, -0.2) is 4.79 Å². The lowest BCUT2D eigenvalue weighted by Crippen LogP contribution is -2.69. The van der Waals surface area contributed by atoms with Crippen LogP contribution in [0.5, 0.6) is 0 Å². The molecule has 11 nitrogen and oxygen atoms in total. The number of barbiturate groups is 1. The van der Waals surface area contributed by atoms with Crippen molar-refractivity contribution in [2.24, 2.45) is 5.41 Å². The lowest BCUT2D eigenvalue weighted by molar-refractivity contribution is -0.384. The zero-order valence-electron chi connectivity index (χ0n) is 17.2. The first-order chi connectivity index (χ1) is 14.1. The van der Waals surface area contributed by atoms with E-state index >= 15 is 0 Å². The summed E-state index contributed by atoms with van der Waals surface area (Å²) in [7, 11) is 2.92.